The van der Waals surface area contributed by atoms with Crippen molar-refractivity contribution in [2.45, 2.75) is 32.4 Å². The van der Waals surface area contributed by atoms with Crippen LogP contribution in [0.25, 0.3) is 0 Å². The van der Waals surface area contributed by atoms with Gasteiger partial charge in [0.15, 0.2) is 0 Å². The van der Waals surface area contributed by atoms with Crippen LogP contribution in [0.4, 0.5) is 0 Å². The lowest BCUT2D eigenvalue weighted by Crippen LogP contribution is -2.00. The van der Waals surface area contributed by atoms with Crippen molar-refractivity contribution in [3.8, 4) is 5.75 Å². The van der Waals surface area contributed by atoms with E-state index >= 15 is 0 Å². The second kappa shape index (κ2) is 4.82. The maximum Gasteiger partial charge on any atom is 0.146 e. The molecule has 0 unspecified atom stereocenters. The molecule has 0 aliphatic heterocycles. The molecule has 0 amide bonds. The van der Waals surface area contributed by atoms with E-state index in [4.69, 9.17) is 10.5 Å². The molecule has 1 aliphatic rings. The van der Waals surface area contributed by atoms with Crippen molar-refractivity contribution in [1.29, 1.82) is 0 Å². The Kier molecular flexibility index (Phi) is 3.02. The molecule has 0 radical (unpaired) electrons. The molecule has 4 heteroatoms. The second-order valence-electron chi connectivity index (χ2n) is 4.63. The zero-order valence-corrected chi connectivity index (χ0v) is 10.3. The van der Waals surface area contributed by atoms with Crippen molar-refractivity contribution in [2.75, 3.05) is 0 Å². The number of benzene rings is 1. The molecule has 3 N–H and O–H groups in total. The van der Waals surface area contributed by atoms with Gasteiger partial charge in [-0.25, -0.2) is 4.98 Å². The van der Waals surface area contributed by atoms with Crippen molar-refractivity contribution in [3.63, 3.8) is 0 Å². The number of hydrogen-bond donors (Lipinski definition) is 2. The van der Waals surface area contributed by atoms with Crippen LogP contribution in [0.1, 0.15) is 29.1 Å². The fourth-order valence-corrected chi connectivity index (χ4v) is 2.37. The number of aromatic nitrogens is 2. The summed E-state index contributed by atoms with van der Waals surface area (Å²) in [5.74, 6) is 1.73. The van der Waals surface area contributed by atoms with Crippen LogP contribution in [-0.2, 0) is 26.0 Å². The Bertz CT molecular complexity index is 548. The Morgan fingerprint density at radius 3 is 3.00 bits per heavy atom. The molecule has 2 aromatic rings. The third kappa shape index (κ3) is 2.24. The molecule has 0 bridgehead atoms. The minimum Gasteiger partial charge on any atom is -0.486 e. The van der Waals surface area contributed by atoms with Crippen LogP contribution in [0, 0.1) is 0 Å². The summed E-state index contributed by atoms with van der Waals surface area (Å²) in [4.78, 5) is 7.34. The highest BCUT2D eigenvalue weighted by Crippen LogP contribution is 2.26. The predicted octanol–water partition coefficient (Wildman–Crippen LogP) is 1.94. The van der Waals surface area contributed by atoms with Gasteiger partial charge in [0.05, 0.1) is 0 Å². The minimum absolute atomic E-state index is 0.457. The molecular weight excluding hydrogens is 226 g/mol. The molecule has 1 aliphatic carbocycles. The van der Waals surface area contributed by atoms with E-state index in [1.54, 1.807) is 6.20 Å². The highest BCUT2D eigenvalue weighted by molar-refractivity contribution is 5.38. The molecule has 1 aromatic heterocycles. The van der Waals surface area contributed by atoms with Gasteiger partial charge in [-0.1, -0.05) is 6.07 Å². The van der Waals surface area contributed by atoms with Crippen LogP contribution >= 0.6 is 0 Å². The van der Waals surface area contributed by atoms with E-state index in [2.05, 4.69) is 22.1 Å². The summed E-state index contributed by atoms with van der Waals surface area (Å²) >= 11 is 0. The Hall–Kier alpha value is -1.81. The van der Waals surface area contributed by atoms with Gasteiger partial charge < -0.3 is 15.5 Å². The SMILES string of the molecule is NCc1cnc(COc2ccc3c(c2)CCC3)[nH]1. The first-order valence-corrected chi connectivity index (χ1v) is 6.32. The third-order valence-corrected chi connectivity index (χ3v) is 3.35. The number of rotatable bonds is 4. The van der Waals surface area contributed by atoms with Gasteiger partial charge in [-0.3, -0.25) is 0 Å². The summed E-state index contributed by atoms with van der Waals surface area (Å²) in [6.45, 7) is 0.935. The Balaban J connectivity index is 1.66. The fourth-order valence-electron chi connectivity index (χ4n) is 2.37. The molecule has 0 saturated carbocycles. The van der Waals surface area contributed by atoms with Gasteiger partial charge in [-0.15, -0.1) is 0 Å². The lowest BCUT2D eigenvalue weighted by atomic mass is 10.1. The summed E-state index contributed by atoms with van der Waals surface area (Å²) in [7, 11) is 0. The molecule has 1 aromatic carbocycles. The van der Waals surface area contributed by atoms with Crippen molar-refractivity contribution in [3.05, 3.63) is 47.0 Å². The van der Waals surface area contributed by atoms with E-state index in [0.29, 0.717) is 13.2 Å². The molecule has 0 atom stereocenters. The lowest BCUT2D eigenvalue weighted by Gasteiger charge is -2.06. The van der Waals surface area contributed by atoms with Gasteiger partial charge in [-0.2, -0.15) is 0 Å². The van der Waals surface area contributed by atoms with Gasteiger partial charge >= 0.3 is 0 Å². The summed E-state index contributed by atoms with van der Waals surface area (Å²) in [6.07, 6.45) is 5.39. The Labute approximate surface area is 106 Å². The van der Waals surface area contributed by atoms with E-state index in [1.807, 2.05) is 6.07 Å². The zero-order chi connectivity index (χ0) is 12.4. The van der Waals surface area contributed by atoms with Crippen LogP contribution < -0.4 is 10.5 Å². The number of aryl methyl sites for hydroxylation is 2. The van der Waals surface area contributed by atoms with Crippen molar-refractivity contribution >= 4 is 0 Å². The summed E-state index contributed by atoms with van der Waals surface area (Å²) in [6, 6.07) is 6.36. The average Bonchev–Trinajstić information content (AvgIpc) is 3.04. The van der Waals surface area contributed by atoms with Crippen molar-refractivity contribution in [1.82, 2.24) is 9.97 Å². The third-order valence-electron chi connectivity index (χ3n) is 3.35. The number of nitrogens with two attached hydrogens (primary N) is 1. The van der Waals surface area contributed by atoms with E-state index in [-0.39, 0.29) is 0 Å². The Morgan fingerprint density at radius 1 is 1.28 bits per heavy atom. The summed E-state index contributed by atoms with van der Waals surface area (Å²) in [5, 5.41) is 0. The molecule has 94 valence electrons. The smallest absolute Gasteiger partial charge is 0.146 e. The number of aromatic amines is 1. The maximum absolute atomic E-state index is 5.74. The highest BCUT2D eigenvalue weighted by Gasteiger charge is 2.11. The first kappa shape index (κ1) is 11.3. The number of H-pyrrole nitrogens is 1. The lowest BCUT2D eigenvalue weighted by molar-refractivity contribution is 0.296. The normalized spacial score (nSPS) is 13.6. The molecule has 18 heavy (non-hydrogen) atoms. The van der Waals surface area contributed by atoms with Crippen LogP contribution in [-0.4, -0.2) is 9.97 Å². The number of nitrogens with zero attached hydrogens (tertiary/aromatic N) is 1. The predicted molar refractivity (Wildman–Crippen MR) is 69.3 cm³/mol. The minimum atomic E-state index is 0.457. The topological polar surface area (TPSA) is 63.9 Å². The Morgan fingerprint density at radius 2 is 2.17 bits per heavy atom. The van der Waals surface area contributed by atoms with Gasteiger partial charge in [-0.05, 0) is 42.5 Å². The quantitative estimate of drug-likeness (QED) is 0.862. The second-order valence-corrected chi connectivity index (χ2v) is 4.63. The molecule has 4 nitrogen and oxygen atoms in total. The van der Waals surface area contributed by atoms with E-state index in [0.717, 1.165) is 17.3 Å². The fraction of sp³-hybridized carbons (Fsp3) is 0.357. The van der Waals surface area contributed by atoms with E-state index < -0.39 is 0 Å². The molecule has 0 spiro atoms. The number of ether oxygens (including phenoxy) is 1. The van der Waals surface area contributed by atoms with Crippen molar-refractivity contribution in [2.24, 2.45) is 5.73 Å². The first-order chi connectivity index (χ1) is 8.85. The average molecular weight is 243 g/mol. The van der Waals surface area contributed by atoms with E-state index in [1.165, 1.54) is 30.4 Å². The number of hydrogen-bond acceptors (Lipinski definition) is 3. The maximum atomic E-state index is 5.74. The van der Waals surface area contributed by atoms with Gasteiger partial charge in [0, 0.05) is 18.4 Å². The molecule has 3 rings (SSSR count). The highest BCUT2D eigenvalue weighted by atomic mass is 16.5. The summed E-state index contributed by atoms with van der Waals surface area (Å²) in [5.41, 5.74) is 9.34. The van der Waals surface area contributed by atoms with Gasteiger partial charge in [0.2, 0.25) is 0 Å². The zero-order valence-electron chi connectivity index (χ0n) is 10.3. The number of imidazole rings is 1. The monoisotopic (exact) mass is 243 g/mol. The van der Waals surface area contributed by atoms with Crippen molar-refractivity contribution < 1.29 is 4.74 Å². The molecular formula is C14H17N3O. The summed E-state index contributed by atoms with van der Waals surface area (Å²) < 4.78 is 5.74. The van der Waals surface area contributed by atoms with Crippen LogP contribution in [0.3, 0.4) is 0 Å². The molecule has 0 saturated heterocycles. The van der Waals surface area contributed by atoms with Gasteiger partial charge in [0.25, 0.3) is 0 Å². The van der Waals surface area contributed by atoms with Crippen LogP contribution in [0.5, 0.6) is 5.75 Å². The van der Waals surface area contributed by atoms with Gasteiger partial charge in [0.1, 0.15) is 18.2 Å². The van der Waals surface area contributed by atoms with Crippen LogP contribution in [0.15, 0.2) is 24.4 Å². The van der Waals surface area contributed by atoms with E-state index in [9.17, 15) is 0 Å². The standard InChI is InChI=1S/C14H17N3O/c15-7-12-8-16-14(17-12)9-18-13-5-4-10-2-1-3-11(10)6-13/h4-6,8H,1-3,7,9,15H2,(H,16,17). The molecule has 0 fully saturated rings. The molecule has 1 heterocycles. The number of fused-ring (bicyclic) bond motifs is 1. The first-order valence-electron chi connectivity index (χ1n) is 6.32. The largest absolute Gasteiger partial charge is 0.486 e. The van der Waals surface area contributed by atoms with Crippen LogP contribution in [0.2, 0.25) is 0 Å². The number of nitrogens with one attached hydrogen (secondary N) is 1.